The predicted octanol–water partition coefficient (Wildman–Crippen LogP) is 6.33. The molecule has 3 aromatic rings. The van der Waals surface area contributed by atoms with E-state index in [9.17, 15) is 18.8 Å². The highest BCUT2D eigenvalue weighted by atomic mass is 19.1. The van der Waals surface area contributed by atoms with Gasteiger partial charge in [-0.3, -0.25) is 14.2 Å². The van der Waals surface area contributed by atoms with Crippen molar-refractivity contribution in [2.75, 3.05) is 26.2 Å². The van der Waals surface area contributed by atoms with Gasteiger partial charge < -0.3 is 19.9 Å². The summed E-state index contributed by atoms with van der Waals surface area (Å²) in [5.41, 5.74) is 0.817. The molecule has 1 aliphatic carbocycles. The van der Waals surface area contributed by atoms with Gasteiger partial charge in [0.05, 0.1) is 24.6 Å². The Bertz CT molecular complexity index is 1700. The van der Waals surface area contributed by atoms with Gasteiger partial charge in [0.2, 0.25) is 0 Å². The molecule has 2 aliphatic heterocycles. The van der Waals surface area contributed by atoms with Crippen LogP contribution in [0.25, 0.3) is 11.3 Å². The monoisotopic (exact) mass is 675 g/mol. The van der Waals surface area contributed by atoms with Crippen LogP contribution in [0.3, 0.4) is 0 Å². The summed E-state index contributed by atoms with van der Waals surface area (Å²) < 4.78 is 36.9. The van der Waals surface area contributed by atoms with Crippen LogP contribution in [0, 0.1) is 23.0 Å². The van der Waals surface area contributed by atoms with E-state index in [2.05, 4.69) is 10.3 Å². The average molecular weight is 676 g/mol. The van der Waals surface area contributed by atoms with Crippen LogP contribution in [0.15, 0.2) is 65.7 Å². The number of nitrogens with one attached hydrogen (secondary N) is 1. The van der Waals surface area contributed by atoms with E-state index in [0.717, 1.165) is 49.8 Å². The Labute approximate surface area is 286 Å². The molecule has 11 heteroatoms. The van der Waals surface area contributed by atoms with E-state index in [1.807, 2.05) is 35.2 Å². The molecule has 0 radical (unpaired) electrons. The van der Waals surface area contributed by atoms with Crippen molar-refractivity contribution in [2.45, 2.75) is 89.9 Å². The Kier molecular flexibility index (Phi) is 10.2. The van der Waals surface area contributed by atoms with E-state index in [-0.39, 0.29) is 41.1 Å². The fourth-order valence-electron chi connectivity index (χ4n) is 8.10. The SMILES string of the molecule is CC(C)(C)OC(=O)CN[C@@H]1CCN(C(=O)N2CC[C@@H](Cn3cnc(-c4ccccc4)cc3=O)C3(CCCC3)C2)[C@H](c2cc(F)ccc2F)C1. The second-order valence-electron chi connectivity index (χ2n) is 15.0. The number of urea groups is 1. The van der Waals surface area contributed by atoms with Gasteiger partial charge in [0, 0.05) is 49.4 Å². The molecule has 3 heterocycles. The molecule has 1 spiro atoms. The third-order valence-corrected chi connectivity index (χ3v) is 10.5. The molecule has 2 amide bonds. The van der Waals surface area contributed by atoms with E-state index >= 15 is 4.39 Å². The van der Waals surface area contributed by atoms with Crippen LogP contribution in [0.5, 0.6) is 0 Å². The summed E-state index contributed by atoms with van der Waals surface area (Å²) in [4.78, 5) is 48.2. The van der Waals surface area contributed by atoms with Crippen molar-refractivity contribution in [3.63, 3.8) is 0 Å². The normalized spacial score (nSPS) is 22.3. The molecule has 49 heavy (non-hydrogen) atoms. The molecule has 3 aliphatic rings. The van der Waals surface area contributed by atoms with Crippen LogP contribution >= 0.6 is 0 Å². The zero-order valence-corrected chi connectivity index (χ0v) is 28.7. The van der Waals surface area contributed by atoms with Crippen molar-refractivity contribution in [1.29, 1.82) is 0 Å². The summed E-state index contributed by atoms with van der Waals surface area (Å²) in [6, 6.07) is 13.5. The second kappa shape index (κ2) is 14.4. The van der Waals surface area contributed by atoms with Gasteiger partial charge in [-0.15, -0.1) is 0 Å². The molecule has 1 saturated carbocycles. The summed E-state index contributed by atoms with van der Waals surface area (Å²) in [7, 11) is 0. The van der Waals surface area contributed by atoms with Gasteiger partial charge in [-0.1, -0.05) is 43.2 Å². The molecule has 6 rings (SSSR count). The minimum Gasteiger partial charge on any atom is -0.459 e. The molecule has 262 valence electrons. The third kappa shape index (κ3) is 8.03. The number of esters is 1. The maximum atomic E-state index is 15.3. The fraction of sp³-hybridized carbons (Fsp3) is 0.526. The van der Waals surface area contributed by atoms with Crippen molar-refractivity contribution in [3.05, 3.63) is 88.5 Å². The number of rotatable bonds is 7. The van der Waals surface area contributed by atoms with Crippen molar-refractivity contribution in [2.24, 2.45) is 11.3 Å². The average Bonchev–Trinajstić information content (AvgIpc) is 3.54. The summed E-state index contributed by atoms with van der Waals surface area (Å²) in [5, 5.41) is 3.23. The van der Waals surface area contributed by atoms with Crippen LogP contribution in [0.1, 0.15) is 77.3 Å². The number of amides is 2. The number of likely N-dealkylation sites (tertiary alicyclic amines) is 2. The molecule has 2 saturated heterocycles. The number of ether oxygens (including phenoxy) is 1. The van der Waals surface area contributed by atoms with E-state index in [1.165, 1.54) is 6.07 Å². The number of nitrogens with zero attached hydrogens (tertiary/aromatic N) is 4. The Morgan fingerprint density at radius 1 is 1.02 bits per heavy atom. The largest absolute Gasteiger partial charge is 0.459 e. The first-order valence-corrected chi connectivity index (χ1v) is 17.5. The number of piperidine rings is 2. The molecular formula is C38H47F2N5O4. The van der Waals surface area contributed by atoms with Gasteiger partial charge in [-0.25, -0.2) is 18.6 Å². The van der Waals surface area contributed by atoms with E-state index < -0.39 is 29.2 Å². The molecule has 0 bridgehead atoms. The number of carbonyl (C=O) groups is 2. The van der Waals surface area contributed by atoms with E-state index in [4.69, 9.17) is 4.74 Å². The van der Waals surface area contributed by atoms with Crippen molar-refractivity contribution >= 4 is 12.0 Å². The minimum atomic E-state index is -0.710. The van der Waals surface area contributed by atoms with Crippen molar-refractivity contribution in [1.82, 2.24) is 24.7 Å². The number of carbonyl (C=O) groups excluding carboxylic acids is 2. The smallest absolute Gasteiger partial charge is 0.320 e. The van der Waals surface area contributed by atoms with Gasteiger partial charge in [0.15, 0.2) is 0 Å². The highest BCUT2D eigenvalue weighted by Gasteiger charge is 2.48. The summed E-state index contributed by atoms with van der Waals surface area (Å²) >= 11 is 0. The summed E-state index contributed by atoms with van der Waals surface area (Å²) in [6.07, 6.45) is 7.29. The lowest BCUT2D eigenvalue weighted by Crippen LogP contribution is -2.57. The maximum Gasteiger partial charge on any atom is 0.320 e. The lowest BCUT2D eigenvalue weighted by molar-refractivity contribution is -0.153. The molecule has 1 N–H and O–H groups in total. The molecule has 3 fully saturated rings. The Morgan fingerprint density at radius 2 is 1.78 bits per heavy atom. The molecule has 3 atom stereocenters. The fourth-order valence-corrected chi connectivity index (χ4v) is 8.10. The summed E-state index contributed by atoms with van der Waals surface area (Å²) in [5.74, 6) is -1.34. The lowest BCUT2D eigenvalue weighted by Gasteiger charge is -2.49. The first-order chi connectivity index (χ1) is 23.4. The van der Waals surface area contributed by atoms with Crippen molar-refractivity contribution < 1.29 is 23.1 Å². The zero-order chi connectivity index (χ0) is 34.8. The highest BCUT2D eigenvalue weighted by Crippen LogP contribution is 2.49. The first-order valence-electron chi connectivity index (χ1n) is 17.5. The number of benzene rings is 2. The van der Waals surface area contributed by atoms with Gasteiger partial charge in [-0.2, -0.15) is 0 Å². The van der Waals surface area contributed by atoms with Gasteiger partial charge >= 0.3 is 12.0 Å². The molecule has 2 aromatic carbocycles. The van der Waals surface area contributed by atoms with Crippen LogP contribution in [0.2, 0.25) is 0 Å². The second-order valence-corrected chi connectivity index (χ2v) is 15.0. The standard InChI is InChI=1S/C38H47F2N5O4/c1-37(2,3)49-35(47)22-41-29-14-18-45(33(20-29)30-19-28(39)11-12-31(30)40)36(48)43-17-13-27(38(24-43)15-7-8-16-38)23-44-25-42-32(21-34(44)46)26-9-5-4-6-10-26/h4-6,9-12,19,21,25,27,29,33,41H,7-8,13-18,20,22-24H2,1-3H3/t27-,29+,33-/m0/s1. The van der Waals surface area contributed by atoms with Crippen LogP contribution in [-0.2, 0) is 16.1 Å². The van der Waals surface area contributed by atoms with Crippen LogP contribution in [0.4, 0.5) is 13.6 Å². The first kappa shape index (κ1) is 34.7. The molecule has 9 nitrogen and oxygen atoms in total. The third-order valence-electron chi connectivity index (χ3n) is 10.5. The summed E-state index contributed by atoms with van der Waals surface area (Å²) in [6.45, 7) is 7.31. The quantitative estimate of drug-likeness (QED) is 0.294. The van der Waals surface area contributed by atoms with Gasteiger partial charge in [0.25, 0.3) is 5.56 Å². The highest BCUT2D eigenvalue weighted by molar-refractivity contribution is 5.75. The zero-order valence-electron chi connectivity index (χ0n) is 28.7. The van der Waals surface area contributed by atoms with Gasteiger partial charge in [0.1, 0.15) is 17.2 Å². The van der Waals surface area contributed by atoms with E-state index in [0.29, 0.717) is 44.7 Å². The number of halogens is 2. The topological polar surface area (TPSA) is 96.8 Å². The molecule has 0 unspecified atom stereocenters. The predicted molar refractivity (Wildman–Crippen MR) is 183 cm³/mol. The Hall–Kier alpha value is -4.12. The van der Waals surface area contributed by atoms with Gasteiger partial charge in [-0.05, 0) is 82.4 Å². The molecular weight excluding hydrogens is 628 g/mol. The lowest BCUT2D eigenvalue weighted by atomic mass is 9.69. The Balaban J connectivity index is 1.18. The van der Waals surface area contributed by atoms with Crippen LogP contribution < -0.4 is 10.9 Å². The Morgan fingerprint density at radius 3 is 2.49 bits per heavy atom. The molecule has 1 aromatic heterocycles. The van der Waals surface area contributed by atoms with Crippen molar-refractivity contribution in [3.8, 4) is 11.3 Å². The number of hydrogen-bond acceptors (Lipinski definition) is 6. The van der Waals surface area contributed by atoms with E-state index in [1.54, 1.807) is 42.6 Å². The van der Waals surface area contributed by atoms with Crippen LogP contribution in [-0.4, -0.2) is 69.2 Å². The number of aromatic nitrogens is 2. The number of hydrogen-bond donors (Lipinski definition) is 1. The minimum absolute atomic E-state index is 0.0160. The maximum absolute atomic E-state index is 15.3.